The van der Waals surface area contributed by atoms with E-state index < -0.39 is 11.5 Å². The summed E-state index contributed by atoms with van der Waals surface area (Å²) in [6.07, 6.45) is 0.109. The number of aliphatic hydroxyl groups excluding tert-OH is 1. The molecule has 2 aromatic carbocycles. The lowest BCUT2D eigenvalue weighted by Gasteiger charge is -2.40. The summed E-state index contributed by atoms with van der Waals surface area (Å²) in [6, 6.07) is 17.6. The average Bonchev–Trinajstić information content (AvgIpc) is 2.54. The third-order valence-electron chi connectivity index (χ3n) is 4.13. The van der Waals surface area contributed by atoms with Crippen LogP contribution in [0, 0.1) is 5.41 Å². The van der Waals surface area contributed by atoms with Gasteiger partial charge in [0.05, 0.1) is 18.1 Å². The average molecular weight is 269 g/mol. The molecule has 20 heavy (non-hydrogen) atoms. The Morgan fingerprint density at radius 1 is 1.10 bits per heavy atom. The second kappa shape index (κ2) is 5.27. The third-order valence-corrected chi connectivity index (χ3v) is 4.13. The smallest absolute Gasteiger partial charge is 0.122 e. The summed E-state index contributed by atoms with van der Waals surface area (Å²) in [6.45, 7) is 0.827. The van der Waals surface area contributed by atoms with Crippen molar-refractivity contribution in [3.05, 3.63) is 65.7 Å². The Morgan fingerprint density at radius 2 is 1.80 bits per heavy atom. The quantitative estimate of drug-likeness (QED) is 0.899. The molecule has 3 nitrogen and oxygen atoms in total. The summed E-state index contributed by atoms with van der Waals surface area (Å²) < 4.78 is 5.83. The van der Waals surface area contributed by atoms with Crippen LogP contribution in [-0.2, 0) is 6.42 Å². The third kappa shape index (κ3) is 2.19. The van der Waals surface area contributed by atoms with Crippen LogP contribution in [0.25, 0.3) is 0 Å². The van der Waals surface area contributed by atoms with Gasteiger partial charge in [0, 0.05) is 6.54 Å². The number of hydrogen-bond acceptors (Lipinski definition) is 3. The predicted octanol–water partition coefficient (Wildman–Crippen LogP) is 2.30. The van der Waals surface area contributed by atoms with Gasteiger partial charge in [-0.3, -0.25) is 0 Å². The lowest BCUT2D eigenvalue weighted by atomic mass is 9.73. The summed E-state index contributed by atoms with van der Waals surface area (Å²) in [5.74, 6) is 0.900. The van der Waals surface area contributed by atoms with Crippen LogP contribution in [0.4, 0.5) is 0 Å². The maximum Gasteiger partial charge on any atom is 0.122 e. The molecule has 0 fully saturated rings. The van der Waals surface area contributed by atoms with E-state index in [9.17, 15) is 5.11 Å². The second-order valence-corrected chi connectivity index (χ2v) is 5.45. The van der Waals surface area contributed by atoms with Gasteiger partial charge in [0.1, 0.15) is 5.75 Å². The van der Waals surface area contributed by atoms with Gasteiger partial charge in [-0.05, 0) is 23.6 Å². The fourth-order valence-corrected chi connectivity index (χ4v) is 2.85. The zero-order valence-corrected chi connectivity index (χ0v) is 11.3. The highest BCUT2D eigenvalue weighted by Crippen LogP contribution is 2.42. The summed E-state index contributed by atoms with van der Waals surface area (Å²) in [4.78, 5) is 0. The molecule has 2 atom stereocenters. The van der Waals surface area contributed by atoms with Crippen molar-refractivity contribution in [1.29, 1.82) is 0 Å². The van der Waals surface area contributed by atoms with E-state index in [4.69, 9.17) is 10.5 Å². The van der Waals surface area contributed by atoms with Crippen LogP contribution < -0.4 is 10.5 Å². The van der Waals surface area contributed by atoms with Crippen molar-refractivity contribution >= 4 is 0 Å². The van der Waals surface area contributed by atoms with Gasteiger partial charge in [0.15, 0.2) is 0 Å². The van der Waals surface area contributed by atoms with Crippen LogP contribution >= 0.6 is 0 Å². The molecule has 104 valence electrons. The molecule has 0 bridgehead atoms. The fraction of sp³-hybridized carbons (Fsp3) is 0.294. The van der Waals surface area contributed by atoms with E-state index >= 15 is 0 Å². The zero-order chi connectivity index (χ0) is 14.0. The monoisotopic (exact) mass is 269 g/mol. The Kier molecular flexibility index (Phi) is 3.47. The van der Waals surface area contributed by atoms with Crippen molar-refractivity contribution in [3.63, 3.8) is 0 Å². The molecule has 1 heterocycles. The van der Waals surface area contributed by atoms with Crippen LogP contribution in [0.3, 0.4) is 0 Å². The fourth-order valence-electron chi connectivity index (χ4n) is 2.85. The minimum absolute atomic E-state index is 0.386. The number of benzene rings is 2. The van der Waals surface area contributed by atoms with E-state index in [1.165, 1.54) is 0 Å². The molecule has 0 spiro atoms. The highest BCUT2D eigenvalue weighted by atomic mass is 16.5. The first-order chi connectivity index (χ1) is 9.75. The van der Waals surface area contributed by atoms with E-state index in [-0.39, 0.29) is 0 Å². The van der Waals surface area contributed by atoms with Crippen molar-refractivity contribution in [1.82, 2.24) is 0 Å². The molecular weight excluding hydrogens is 250 g/mol. The van der Waals surface area contributed by atoms with E-state index in [0.717, 1.165) is 23.3 Å². The second-order valence-electron chi connectivity index (χ2n) is 5.45. The molecule has 3 N–H and O–H groups in total. The Morgan fingerprint density at radius 3 is 2.55 bits per heavy atom. The number of hydrogen-bond donors (Lipinski definition) is 2. The zero-order valence-electron chi connectivity index (χ0n) is 11.3. The van der Waals surface area contributed by atoms with Crippen LogP contribution in [0.1, 0.15) is 17.2 Å². The molecule has 0 saturated heterocycles. The number of ether oxygens (including phenoxy) is 1. The lowest BCUT2D eigenvalue weighted by molar-refractivity contribution is -0.0161. The van der Waals surface area contributed by atoms with Gasteiger partial charge in [-0.15, -0.1) is 0 Å². The van der Waals surface area contributed by atoms with Crippen LogP contribution in [0.15, 0.2) is 54.6 Å². The minimum atomic E-state index is -0.623. The van der Waals surface area contributed by atoms with Gasteiger partial charge >= 0.3 is 0 Å². The molecule has 1 aliphatic rings. The summed E-state index contributed by atoms with van der Waals surface area (Å²) in [5, 5.41) is 10.8. The number of fused-ring (bicyclic) bond motifs is 1. The molecule has 0 aliphatic carbocycles. The topological polar surface area (TPSA) is 55.5 Å². The lowest BCUT2D eigenvalue weighted by Crippen LogP contribution is -2.46. The van der Waals surface area contributed by atoms with Crippen molar-refractivity contribution < 1.29 is 9.84 Å². The minimum Gasteiger partial charge on any atom is -0.493 e. The molecule has 0 amide bonds. The van der Waals surface area contributed by atoms with E-state index in [2.05, 4.69) is 0 Å². The van der Waals surface area contributed by atoms with Gasteiger partial charge < -0.3 is 15.6 Å². The SMILES string of the molecule is NCC1(C(O)c2ccccc2)COc2ccccc2C1. The molecule has 3 rings (SSSR count). The Labute approximate surface area is 119 Å². The van der Waals surface area contributed by atoms with Crippen LogP contribution in [0.2, 0.25) is 0 Å². The predicted molar refractivity (Wildman–Crippen MR) is 78.5 cm³/mol. The Bertz CT molecular complexity index is 585. The molecule has 2 unspecified atom stereocenters. The Hall–Kier alpha value is -1.84. The van der Waals surface area contributed by atoms with Crippen molar-refractivity contribution in [2.24, 2.45) is 11.1 Å². The molecule has 0 radical (unpaired) electrons. The first-order valence-electron chi connectivity index (χ1n) is 6.89. The maximum absolute atomic E-state index is 10.8. The standard InChI is InChI=1S/C17H19NO2/c18-11-17(16(19)13-6-2-1-3-7-13)10-14-8-4-5-9-15(14)20-12-17/h1-9,16,19H,10-12,18H2. The molecule has 0 aromatic heterocycles. The highest BCUT2D eigenvalue weighted by Gasteiger charge is 2.41. The van der Waals surface area contributed by atoms with Gasteiger partial charge in [-0.25, -0.2) is 0 Å². The summed E-state index contributed by atoms with van der Waals surface area (Å²) in [7, 11) is 0. The van der Waals surface area contributed by atoms with Crippen LogP contribution in [0.5, 0.6) is 5.75 Å². The van der Waals surface area contributed by atoms with Gasteiger partial charge in [0.25, 0.3) is 0 Å². The van der Waals surface area contributed by atoms with Gasteiger partial charge in [0.2, 0.25) is 0 Å². The van der Waals surface area contributed by atoms with E-state index in [1.54, 1.807) is 0 Å². The van der Waals surface area contributed by atoms with Gasteiger partial charge in [-0.1, -0.05) is 48.5 Å². The largest absolute Gasteiger partial charge is 0.493 e. The van der Waals surface area contributed by atoms with E-state index in [0.29, 0.717) is 13.2 Å². The molecule has 0 saturated carbocycles. The molecule has 3 heteroatoms. The van der Waals surface area contributed by atoms with Crippen molar-refractivity contribution in [2.75, 3.05) is 13.2 Å². The van der Waals surface area contributed by atoms with Crippen molar-refractivity contribution in [2.45, 2.75) is 12.5 Å². The summed E-state index contributed by atoms with van der Waals surface area (Å²) in [5.41, 5.74) is 7.53. The number of nitrogens with two attached hydrogens (primary N) is 1. The summed E-state index contributed by atoms with van der Waals surface area (Å²) >= 11 is 0. The number of para-hydroxylation sites is 1. The normalized spacial score (nSPS) is 22.7. The molecule has 1 aliphatic heterocycles. The first kappa shape index (κ1) is 13.2. The molecule has 2 aromatic rings. The molecular formula is C17H19NO2. The van der Waals surface area contributed by atoms with Crippen molar-refractivity contribution in [3.8, 4) is 5.75 Å². The first-order valence-corrected chi connectivity index (χ1v) is 6.89. The van der Waals surface area contributed by atoms with E-state index in [1.807, 2.05) is 54.6 Å². The number of rotatable bonds is 3. The van der Waals surface area contributed by atoms with Gasteiger partial charge in [-0.2, -0.15) is 0 Å². The highest BCUT2D eigenvalue weighted by molar-refractivity contribution is 5.37. The number of aliphatic hydroxyl groups is 1. The maximum atomic E-state index is 10.8. The van der Waals surface area contributed by atoms with Crippen LogP contribution in [-0.4, -0.2) is 18.3 Å². The Balaban J connectivity index is 1.94.